The molecule has 0 spiro atoms. The van der Waals surface area contributed by atoms with E-state index in [-0.39, 0.29) is 23.2 Å². The van der Waals surface area contributed by atoms with Gasteiger partial charge in [-0.2, -0.15) is 0 Å². The summed E-state index contributed by atoms with van der Waals surface area (Å²) in [4.78, 5) is 11.6. The molecule has 1 saturated heterocycles. The van der Waals surface area contributed by atoms with Crippen molar-refractivity contribution in [1.82, 2.24) is 16.0 Å². The Labute approximate surface area is 104 Å². The lowest BCUT2D eigenvalue weighted by Crippen LogP contribution is -2.62. The number of allylic oxidation sites excluding steroid dienone is 1. The van der Waals surface area contributed by atoms with Crippen LogP contribution in [0.4, 0.5) is 4.79 Å². The zero-order valence-electron chi connectivity index (χ0n) is 11.6. The summed E-state index contributed by atoms with van der Waals surface area (Å²) in [6, 6.07) is 0.0385. The van der Waals surface area contributed by atoms with Crippen LogP contribution >= 0.6 is 0 Å². The maximum atomic E-state index is 11.6. The number of urea groups is 1. The zero-order chi connectivity index (χ0) is 13.3. The molecule has 0 aromatic carbocycles. The molecule has 1 aliphatic heterocycles. The summed E-state index contributed by atoms with van der Waals surface area (Å²) in [5.74, 6) is 0. The third-order valence-electron chi connectivity index (χ3n) is 2.85. The number of nitrogens with one attached hydrogen (secondary N) is 3. The molecule has 0 atom stereocenters. The fraction of sp³-hybridized carbons (Fsp3) is 0.769. The van der Waals surface area contributed by atoms with Crippen LogP contribution in [0.3, 0.4) is 0 Å². The van der Waals surface area contributed by atoms with Gasteiger partial charge in [0.2, 0.25) is 0 Å². The van der Waals surface area contributed by atoms with E-state index in [2.05, 4.69) is 50.2 Å². The highest BCUT2D eigenvalue weighted by molar-refractivity contribution is 5.75. The van der Waals surface area contributed by atoms with Crippen LogP contribution in [-0.4, -0.2) is 23.2 Å². The third kappa shape index (κ3) is 4.77. The summed E-state index contributed by atoms with van der Waals surface area (Å²) in [7, 11) is 0. The summed E-state index contributed by atoms with van der Waals surface area (Å²) in [6.07, 6.45) is 1.86. The molecule has 0 aliphatic carbocycles. The van der Waals surface area contributed by atoms with Gasteiger partial charge < -0.3 is 16.0 Å². The Balaban J connectivity index is 2.59. The predicted octanol–water partition coefficient (Wildman–Crippen LogP) is 2.13. The Bertz CT molecular complexity index is 305. The van der Waals surface area contributed by atoms with Gasteiger partial charge in [-0.1, -0.05) is 6.58 Å². The number of hydrogen-bond donors (Lipinski definition) is 3. The first-order chi connectivity index (χ1) is 7.60. The van der Waals surface area contributed by atoms with E-state index >= 15 is 0 Å². The smallest absolute Gasteiger partial charge is 0.319 e. The quantitative estimate of drug-likeness (QED) is 0.691. The molecule has 1 heterocycles. The minimum absolute atomic E-state index is 0.0446. The van der Waals surface area contributed by atoms with Gasteiger partial charge in [0.25, 0.3) is 0 Å². The highest BCUT2D eigenvalue weighted by Crippen LogP contribution is 2.28. The number of amides is 2. The van der Waals surface area contributed by atoms with E-state index in [1.165, 1.54) is 0 Å². The van der Waals surface area contributed by atoms with E-state index in [0.717, 1.165) is 12.8 Å². The molecule has 1 fully saturated rings. The zero-order valence-corrected chi connectivity index (χ0v) is 11.6. The van der Waals surface area contributed by atoms with Crippen molar-refractivity contribution in [3.05, 3.63) is 12.3 Å². The van der Waals surface area contributed by atoms with Crippen LogP contribution in [0, 0.1) is 0 Å². The van der Waals surface area contributed by atoms with Crippen LogP contribution in [0.5, 0.6) is 0 Å². The lowest BCUT2D eigenvalue weighted by molar-refractivity contribution is 0.148. The van der Waals surface area contributed by atoms with Crippen molar-refractivity contribution < 1.29 is 4.79 Å². The van der Waals surface area contributed by atoms with Crippen LogP contribution in [0.25, 0.3) is 0 Å². The number of hydrogen-bond acceptors (Lipinski definition) is 2. The Morgan fingerprint density at radius 1 is 1.24 bits per heavy atom. The van der Waals surface area contributed by atoms with Gasteiger partial charge in [-0.05, 0) is 47.5 Å². The van der Waals surface area contributed by atoms with Crippen LogP contribution < -0.4 is 16.0 Å². The Morgan fingerprint density at radius 2 is 1.71 bits per heavy atom. The van der Waals surface area contributed by atoms with Gasteiger partial charge in [0.05, 0.1) is 0 Å². The highest BCUT2D eigenvalue weighted by Gasteiger charge is 2.38. The van der Waals surface area contributed by atoms with Crippen LogP contribution in [0.2, 0.25) is 0 Å². The molecule has 0 radical (unpaired) electrons. The number of rotatable bonds is 2. The fourth-order valence-electron chi connectivity index (χ4n) is 2.84. The number of carbonyl (C=O) groups excluding carboxylic acids is 1. The van der Waals surface area contributed by atoms with Crippen LogP contribution in [-0.2, 0) is 0 Å². The van der Waals surface area contributed by atoms with Crippen molar-refractivity contribution >= 4 is 6.03 Å². The number of carbonyl (C=O) groups is 1. The summed E-state index contributed by atoms with van der Waals surface area (Å²) in [6.45, 7) is 14.1. The normalized spacial score (nSPS) is 22.9. The van der Waals surface area contributed by atoms with Crippen LogP contribution in [0.1, 0.15) is 47.5 Å². The average Bonchev–Trinajstić information content (AvgIpc) is 1.93. The molecular formula is C13H25N3O. The minimum Gasteiger partial charge on any atom is -0.335 e. The SMILES string of the molecule is C=C(C)NC(=O)NC1CC(C)(C)NC(C)(C)C1. The van der Waals surface area contributed by atoms with E-state index in [9.17, 15) is 4.79 Å². The van der Waals surface area contributed by atoms with Crippen molar-refractivity contribution in [2.75, 3.05) is 0 Å². The molecule has 4 nitrogen and oxygen atoms in total. The molecule has 4 heteroatoms. The van der Waals surface area contributed by atoms with E-state index in [1.807, 2.05) is 0 Å². The second-order valence-corrected chi connectivity index (χ2v) is 6.38. The first-order valence-electron chi connectivity index (χ1n) is 6.12. The maximum absolute atomic E-state index is 11.6. The summed E-state index contributed by atoms with van der Waals surface area (Å²) >= 11 is 0. The van der Waals surface area contributed by atoms with Crippen LogP contribution in [0.15, 0.2) is 12.3 Å². The van der Waals surface area contributed by atoms with Gasteiger partial charge in [0.1, 0.15) is 0 Å². The molecule has 0 unspecified atom stereocenters. The lowest BCUT2D eigenvalue weighted by atomic mass is 9.80. The van der Waals surface area contributed by atoms with Gasteiger partial charge >= 0.3 is 6.03 Å². The fourth-order valence-corrected chi connectivity index (χ4v) is 2.84. The first-order valence-corrected chi connectivity index (χ1v) is 6.12. The third-order valence-corrected chi connectivity index (χ3v) is 2.85. The molecular weight excluding hydrogens is 214 g/mol. The van der Waals surface area contributed by atoms with Gasteiger partial charge in [0, 0.05) is 22.8 Å². The van der Waals surface area contributed by atoms with Gasteiger partial charge in [-0.3, -0.25) is 0 Å². The molecule has 3 N–H and O–H groups in total. The first kappa shape index (κ1) is 14.0. The van der Waals surface area contributed by atoms with Gasteiger partial charge in [0.15, 0.2) is 0 Å². The number of piperidine rings is 1. The molecule has 0 saturated carbocycles. The second-order valence-electron chi connectivity index (χ2n) is 6.38. The predicted molar refractivity (Wildman–Crippen MR) is 70.8 cm³/mol. The summed E-state index contributed by atoms with van der Waals surface area (Å²) < 4.78 is 0. The van der Waals surface area contributed by atoms with E-state index in [0.29, 0.717) is 5.70 Å². The Hall–Kier alpha value is -1.03. The van der Waals surface area contributed by atoms with Crippen molar-refractivity contribution in [2.24, 2.45) is 0 Å². The summed E-state index contributed by atoms with van der Waals surface area (Å²) in [5.41, 5.74) is 0.751. The Kier molecular flexibility index (Phi) is 3.87. The maximum Gasteiger partial charge on any atom is 0.319 e. The molecule has 2 amide bonds. The molecule has 0 aromatic heterocycles. The van der Waals surface area contributed by atoms with Gasteiger partial charge in [-0.15, -0.1) is 0 Å². The van der Waals surface area contributed by atoms with Crippen molar-refractivity contribution in [3.8, 4) is 0 Å². The van der Waals surface area contributed by atoms with Crippen molar-refractivity contribution in [2.45, 2.75) is 64.6 Å². The minimum atomic E-state index is -0.156. The van der Waals surface area contributed by atoms with E-state index < -0.39 is 0 Å². The van der Waals surface area contributed by atoms with Crippen molar-refractivity contribution in [3.63, 3.8) is 0 Å². The van der Waals surface area contributed by atoms with E-state index in [4.69, 9.17) is 0 Å². The monoisotopic (exact) mass is 239 g/mol. The second kappa shape index (κ2) is 4.69. The highest BCUT2D eigenvalue weighted by atomic mass is 16.2. The average molecular weight is 239 g/mol. The molecule has 1 rings (SSSR count). The molecule has 17 heavy (non-hydrogen) atoms. The summed E-state index contributed by atoms with van der Waals surface area (Å²) in [5, 5.41) is 9.28. The topological polar surface area (TPSA) is 53.2 Å². The van der Waals surface area contributed by atoms with E-state index in [1.54, 1.807) is 6.92 Å². The molecule has 1 aliphatic rings. The largest absolute Gasteiger partial charge is 0.335 e. The van der Waals surface area contributed by atoms with Gasteiger partial charge in [-0.25, -0.2) is 4.79 Å². The molecule has 98 valence electrons. The standard InChI is InChI=1S/C13H25N3O/c1-9(2)14-11(17)15-10-7-12(3,4)16-13(5,6)8-10/h10,16H,1,7-8H2,2-6H3,(H2,14,15,17). The van der Waals surface area contributed by atoms with Crippen molar-refractivity contribution in [1.29, 1.82) is 0 Å². The lowest BCUT2D eigenvalue weighted by Gasteiger charge is -2.46. The molecule has 0 aromatic rings. The Morgan fingerprint density at radius 3 is 2.12 bits per heavy atom. The molecule has 0 bridgehead atoms.